The lowest BCUT2D eigenvalue weighted by molar-refractivity contribution is -0.0884. The Balaban J connectivity index is 2.04. The number of aromatic nitrogens is 3. The van der Waals surface area contributed by atoms with E-state index in [1.807, 2.05) is 13.0 Å². The molecule has 0 bridgehead atoms. The van der Waals surface area contributed by atoms with E-state index in [2.05, 4.69) is 32.9 Å². The number of halogens is 3. The lowest BCUT2D eigenvalue weighted by Gasteiger charge is -2.32. The predicted octanol–water partition coefficient (Wildman–Crippen LogP) is 3.88. The standard InChI is InChI=1S/C13H14BrF2N3/c1-3-9-7(2)4-10-17-12(18-19(10)11(9)14)8-5-13(15,16)6-8/h4,8H,3,5-6H2,1-2H3. The average molecular weight is 330 g/mol. The van der Waals surface area contributed by atoms with Crippen molar-refractivity contribution in [2.24, 2.45) is 0 Å². The van der Waals surface area contributed by atoms with Crippen LogP contribution < -0.4 is 0 Å². The molecule has 0 aromatic carbocycles. The van der Waals surface area contributed by atoms with Crippen molar-refractivity contribution in [3.8, 4) is 0 Å². The number of pyridine rings is 1. The van der Waals surface area contributed by atoms with Gasteiger partial charge in [0.2, 0.25) is 5.92 Å². The predicted molar refractivity (Wildman–Crippen MR) is 71.7 cm³/mol. The number of nitrogens with zero attached hydrogens (tertiary/aromatic N) is 3. The summed E-state index contributed by atoms with van der Waals surface area (Å²) < 4.78 is 28.4. The largest absolute Gasteiger partial charge is 0.249 e. The van der Waals surface area contributed by atoms with Crippen molar-refractivity contribution < 1.29 is 8.78 Å². The minimum Gasteiger partial charge on any atom is -0.212 e. The normalized spacial score (nSPS) is 18.8. The zero-order valence-corrected chi connectivity index (χ0v) is 12.3. The number of alkyl halides is 2. The molecule has 0 saturated heterocycles. The first-order valence-corrected chi connectivity index (χ1v) is 7.13. The van der Waals surface area contributed by atoms with Gasteiger partial charge < -0.3 is 0 Å². The molecule has 0 radical (unpaired) electrons. The molecule has 1 aliphatic rings. The molecule has 2 heterocycles. The maximum atomic E-state index is 12.9. The van der Waals surface area contributed by atoms with Crippen LogP contribution in [0.4, 0.5) is 8.78 Å². The second kappa shape index (κ2) is 4.23. The van der Waals surface area contributed by atoms with E-state index in [9.17, 15) is 8.78 Å². The van der Waals surface area contributed by atoms with E-state index >= 15 is 0 Å². The summed E-state index contributed by atoms with van der Waals surface area (Å²) in [4.78, 5) is 4.39. The van der Waals surface area contributed by atoms with Crippen LogP contribution in [0, 0.1) is 6.92 Å². The molecule has 19 heavy (non-hydrogen) atoms. The molecule has 6 heteroatoms. The van der Waals surface area contributed by atoms with E-state index in [4.69, 9.17) is 0 Å². The van der Waals surface area contributed by atoms with Gasteiger partial charge in [-0.15, -0.1) is 5.10 Å². The molecule has 0 amide bonds. The molecule has 0 aliphatic heterocycles. The minimum absolute atomic E-state index is 0.138. The quantitative estimate of drug-likeness (QED) is 0.783. The fourth-order valence-electron chi connectivity index (χ4n) is 2.59. The average Bonchev–Trinajstić information content (AvgIpc) is 2.70. The van der Waals surface area contributed by atoms with E-state index in [0.29, 0.717) is 11.5 Å². The first kappa shape index (κ1) is 13.0. The van der Waals surface area contributed by atoms with Crippen molar-refractivity contribution in [2.75, 3.05) is 0 Å². The molecular formula is C13H14BrF2N3. The zero-order chi connectivity index (χ0) is 13.8. The molecule has 102 valence electrons. The van der Waals surface area contributed by atoms with Gasteiger partial charge in [-0.05, 0) is 46.5 Å². The van der Waals surface area contributed by atoms with Crippen molar-refractivity contribution in [2.45, 2.75) is 45.0 Å². The molecule has 0 unspecified atom stereocenters. The number of aryl methyl sites for hydroxylation is 1. The van der Waals surface area contributed by atoms with Crippen LogP contribution >= 0.6 is 15.9 Å². The summed E-state index contributed by atoms with van der Waals surface area (Å²) in [7, 11) is 0. The maximum Gasteiger partial charge on any atom is 0.249 e. The van der Waals surface area contributed by atoms with Crippen molar-refractivity contribution in [3.63, 3.8) is 0 Å². The minimum atomic E-state index is -2.54. The van der Waals surface area contributed by atoms with Crippen molar-refractivity contribution >= 4 is 21.6 Å². The Morgan fingerprint density at radius 1 is 1.47 bits per heavy atom. The summed E-state index contributed by atoms with van der Waals surface area (Å²) in [6.45, 7) is 4.10. The molecule has 0 atom stereocenters. The van der Waals surface area contributed by atoms with Crippen LogP contribution in [0.5, 0.6) is 0 Å². The Labute approximate surface area is 118 Å². The van der Waals surface area contributed by atoms with Gasteiger partial charge in [-0.3, -0.25) is 0 Å². The summed E-state index contributed by atoms with van der Waals surface area (Å²) in [5.41, 5.74) is 3.02. The van der Waals surface area contributed by atoms with E-state index < -0.39 is 5.92 Å². The highest BCUT2D eigenvalue weighted by Crippen LogP contribution is 2.47. The van der Waals surface area contributed by atoms with E-state index in [1.54, 1.807) is 4.52 Å². The lowest BCUT2D eigenvalue weighted by Crippen LogP contribution is -2.34. The van der Waals surface area contributed by atoms with Gasteiger partial charge in [0.25, 0.3) is 0 Å². The monoisotopic (exact) mass is 329 g/mol. The highest BCUT2D eigenvalue weighted by molar-refractivity contribution is 9.10. The van der Waals surface area contributed by atoms with E-state index in [-0.39, 0.29) is 18.8 Å². The van der Waals surface area contributed by atoms with Crippen LogP contribution in [0.25, 0.3) is 5.65 Å². The zero-order valence-electron chi connectivity index (χ0n) is 10.8. The van der Waals surface area contributed by atoms with Gasteiger partial charge in [-0.25, -0.2) is 18.3 Å². The van der Waals surface area contributed by atoms with Gasteiger partial charge >= 0.3 is 0 Å². The Hall–Kier alpha value is -1.04. The highest BCUT2D eigenvalue weighted by Gasteiger charge is 2.47. The number of fused-ring (bicyclic) bond motifs is 1. The molecule has 1 saturated carbocycles. The molecule has 2 aromatic heterocycles. The van der Waals surface area contributed by atoms with Gasteiger partial charge in [0.1, 0.15) is 4.60 Å². The Morgan fingerprint density at radius 2 is 2.16 bits per heavy atom. The van der Waals surface area contributed by atoms with Crippen LogP contribution in [0.3, 0.4) is 0 Å². The second-order valence-electron chi connectivity index (χ2n) is 5.15. The third-order valence-corrected chi connectivity index (χ3v) is 4.53. The maximum absolute atomic E-state index is 12.9. The van der Waals surface area contributed by atoms with Crippen LogP contribution in [0.15, 0.2) is 10.7 Å². The third-order valence-electron chi connectivity index (χ3n) is 3.71. The number of hydrogen-bond acceptors (Lipinski definition) is 2. The number of hydrogen-bond donors (Lipinski definition) is 0. The summed E-state index contributed by atoms with van der Waals surface area (Å²) in [6, 6.07) is 1.96. The van der Waals surface area contributed by atoms with Crippen molar-refractivity contribution in [1.82, 2.24) is 14.6 Å². The van der Waals surface area contributed by atoms with Crippen LogP contribution in [0.1, 0.15) is 42.6 Å². The SMILES string of the molecule is CCc1c(C)cc2nc(C3CC(F)(F)C3)nn2c1Br. The molecular weight excluding hydrogens is 316 g/mol. The fourth-order valence-corrected chi connectivity index (χ4v) is 3.45. The van der Waals surface area contributed by atoms with Crippen LogP contribution in [-0.4, -0.2) is 20.5 Å². The summed E-state index contributed by atoms with van der Waals surface area (Å²) in [6.07, 6.45) is 0.612. The van der Waals surface area contributed by atoms with E-state index in [0.717, 1.165) is 16.6 Å². The van der Waals surface area contributed by atoms with Crippen molar-refractivity contribution in [3.05, 3.63) is 27.6 Å². The summed E-state index contributed by atoms with van der Waals surface area (Å²) >= 11 is 3.53. The topological polar surface area (TPSA) is 30.2 Å². The van der Waals surface area contributed by atoms with Gasteiger partial charge in [-0.2, -0.15) is 0 Å². The highest BCUT2D eigenvalue weighted by atomic mass is 79.9. The molecule has 0 N–H and O–H groups in total. The molecule has 2 aromatic rings. The second-order valence-corrected chi connectivity index (χ2v) is 5.90. The Kier molecular flexibility index (Phi) is 2.89. The van der Waals surface area contributed by atoms with E-state index in [1.165, 1.54) is 5.56 Å². The first-order valence-electron chi connectivity index (χ1n) is 6.34. The first-order chi connectivity index (χ1) is 8.91. The molecule has 3 rings (SSSR count). The van der Waals surface area contributed by atoms with Crippen molar-refractivity contribution in [1.29, 1.82) is 0 Å². The van der Waals surface area contributed by atoms with Crippen LogP contribution in [-0.2, 0) is 6.42 Å². The van der Waals surface area contributed by atoms with Gasteiger partial charge in [0.15, 0.2) is 11.5 Å². The molecule has 1 fully saturated rings. The summed E-state index contributed by atoms with van der Waals surface area (Å²) in [5, 5.41) is 4.37. The van der Waals surface area contributed by atoms with Gasteiger partial charge in [0.05, 0.1) is 0 Å². The smallest absolute Gasteiger partial charge is 0.212 e. The fraction of sp³-hybridized carbons (Fsp3) is 0.538. The number of rotatable bonds is 2. The lowest BCUT2D eigenvalue weighted by atomic mass is 9.81. The molecule has 0 spiro atoms. The van der Waals surface area contributed by atoms with Crippen LogP contribution in [0.2, 0.25) is 0 Å². The van der Waals surface area contributed by atoms with Gasteiger partial charge in [-0.1, -0.05) is 6.92 Å². The third kappa shape index (κ3) is 2.06. The van der Waals surface area contributed by atoms with Gasteiger partial charge in [0, 0.05) is 18.8 Å². The Morgan fingerprint density at radius 3 is 2.74 bits per heavy atom. The Bertz CT molecular complexity index is 643. The molecule has 3 nitrogen and oxygen atoms in total. The molecule has 1 aliphatic carbocycles. The summed E-state index contributed by atoms with van der Waals surface area (Å²) in [5.74, 6) is -2.23.